The molecule has 1 aromatic carbocycles. The lowest BCUT2D eigenvalue weighted by Gasteiger charge is -2.00. The Labute approximate surface area is 161 Å². The van der Waals surface area contributed by atoms with Gasteiger partial charge >= 0.3 is 5.00 Å². The molecule has 0 fully saturated rings. The minimum Gasteiger partial charge on any atom is -0.297 e. The van der Waals surface area contributed by atoms with Gasteiger partial charge < -0.3 is 0 Å². The Morgan fingerprint density at radius 1 is 1.08 bits per heavy atom. The first-order valence-electron chi connectivity index (χ1n) is 6.82. The van der Waals surface area contributed by atoms with E-state index in [1.807, 2.05) is 0 Å². The third-order valence-corrected chi connectivity index (χ3v) is 5.81. The van der Waals surface area contributed by atoms with Crippen molar-refractivity contribution in [2.75, 3.05) is 5.32 Å². The Hall–Kier alpha value is -2.70. The summed E-state index contributed by atoms with van der Waals surface area (Å²) in [5, 5.41) is 24.5. The Balaban J connectivity index is 1.88. The van der Waals surface area contributed by atoms with Crippen LogP contribution in [-0.2, 0) is 0 Å². The minimum absolute atomic E-state index is 0.106. The molecule has 0 radical (unpaired) electrons. The largest absolute Gasteiger partial charge is 0.324 e. The summed E-state index contributed by atoms with van der Waals surface area (Å²) in [4.78, 5) is 37.4. The number of benzene rings is 1. The van der Waals surface area contributed by atoms with E-state index in [4.69, 9.17) is 0 Å². The maximum atomic E-state index is 12.2. The first kappa shape index (κ1) is 18.1. The van der Waals surface area contributed by atoms with Gasteiger partial charge in [-0.15, -0.1) is 0 Å². The van der Waals surface area contributed by atoms with E-state index in [1.54, 1.807) is 18.2 Å². The lowest BCUT2D eigenvalue weighted by atomic mass is 10.1. The second-order valence-corrected chi connectivity index (χ2v) is 8.14. The number of thiazole rings is 1. The van der Waals surface area contributed by atoms with Gasteiger partial charge in [0.2, 0.25) is 0 Å². The molecule has 3 aromatic rings. The maximum absolute atomic E-state index is 12.2. The number of rotatable bonds is 5. The lowest BCUT2D eigenvalue weighted by Crippen LogP contribution is -2.09. The standard InChI is InChI=1S/C14H7BrN4O5S2/c15-12-11(7-3-1-2-4-8(7)18(21)22)16-14(26-12)17-13(20)9-5-6-10(25-9)19(23)24/h1-6H,(H,16,17,20). The molecule has 1 amide bonds. The zero-order valence-electron chi connectivity index (χ0n) is 12.5. The van der Waals surface area contributed by atoms with Crippen molar-refractivity contribution < 1.29 is 14.6 Å². The molecule has 0 aliphatic carbocycles. The van der Waals surface area contributed by atoms with Crippen LogP contribution in [0.3, 0.4) is 0 Å². The molecule has 0 saturated carbocycles. The fraction of sp³-hybridized carbons (Fsp3) is 0. The van der Waals surface area contributed by atoms with Crippen molar-refractivity contribution in [3.8, 4) is 11.3 Å². The van der Waals surface area contributed by atoms with Gasteiger partial charge in [0.05, 0.1) is 20.3 Å². The van der Waals surface area contributed by atoms with Crippen LogP contribution in [0.1, 0.15) is 9.67 Å². The fourth-order valence-corrected chi connectivity index (χ4v) is 4.24. The van der Waals surface area contributed by atoms with Crippen LogP contribution in [0.5, 0.6) is 0 Å². The van der Waals surface area contributed by atoms with E-state index in [9.17, 15) is 25.0 Å². The molecule has 0 unspecified atom stereocenters. The number of nitro groups is 2. The molecule has 26 heavy (non-hydrogen) atoms. The van der Waals surface area contributed by atoms with Crippen molar-refractivity contribution in [3.05, 3.63) is 65.3 Å². The first-order chi connectivity index (χ1) is 12.4. The Morgan fingerprint density at radius 3 is 2.46 bits per heavy atom. The summed E-state index contributed by atoms with van der Waals surface area (Å²) in [6.07, 6.45) is 0. The van der Waals surface area contributed by atoms with Crippen LogP contribution in [-0.4, -0.2) is 20.7 Å². The number of anilines is 1. The van der Waals surface area contributed by atoms with Gasteiger partial charge in [0.15, 0.2) is 5.13 Å². The van der Waals surface area contributed by atoms with Gasteiger partial charge in [-0.25, -0.2) is 4.98 Å². The van der Waals surface area contributed by atoms with E-state index < -0.39 is 15.8 Å². The molecular weight excluding hydrogens is 448 g/mol. The number of amides is 1. The number of thiophene rings is 1. The van der Waals surface area contributed by atoms with E-state index in [0.29, 0.717) is 15.0 Å². The van der Waals surface area contributed by atoms with E-state index in [-0.39, 0.29) is 20.7 Å². The average molecular weight is 455 g/mol. The van der Waals surface area contributed by atoms with Gasteiger partial charge in [0, 0.05) is 12.1 Å². The topological polar surface area (TPSA) is 128 Å². The first-order valence-corrected chi connectivity index (χ1v) is 9.25. The molecule has 9 nitrogen and oxygen atoms in total. The molecule has 2 aromatic heterocycles. The highest BCUT2D eigenvalue weighted by Crippen LogP contribution is 2.39. The zero-order chi connectivity index (χ0) is 18.8. The Morgan fingerprint density at radius 2 is 1.81 bits per heavy atom. The normalized spacial score (nSPS) is 10.5. The number of halogens is 1. The number of nitrogens with zero attached hydrogens (tertiary/aromatic N) is 3. The molecule has 0 aliphatic heterocycles. The molecule has 3 rings (SSSR count). The monoisotopic (exact) mass is 454 g/mol. The van der Waals surface area contributed by atoms with E-state index >= 15 is 0 Å². The summed E-state index contributed by atoms with van der Waals surface area (Å²) < 4.78 is 0.513. The molecule has 2 heterocycles. The summed E-state index contributed by atoms with van der Waals surface area (Å²) in [5.74, 6) is -0.543. The van der Waals surface area contributed by atoms with Crippen molar-refractivity contribution in [3.63, 3.8) is 0 Å². The molecule has 132 valence electrons. The molecule has 0 bridgehead atoms. The van der Waals surface area contributed by atoms with Crippen molar-refractivity contribution in [2.45, 2.75) is 0 Å². The maximum Gasteiger partial charge on any atom is 0.324 e. The number of carbonyl (C=O) groups excluding carboxylic acids is 1. The number of carbonyl (C=O) groups is 1. The smallest absolute Gasteiger partial charge is 0.297 e. The fourth-order valence-electron chi connectivity index (χ4n) is 2.06. The van der Waals surface area contributed by atoms with Crippen molar-refractivity contribution in [1.82, 2.24) is 4.98 Å². The van der Waals surface area contributed by atoms with Gasteiger partial charge in [0.25, 0.3) is 11.6 Å². The summed E-state index contributed by atoms with van der Waals surface area (Å²) in [5.41, 5.74) is 0.535. The number of para-hydroxylation sites is 1. The van der Waals surface area contributed by atoms with Gasteiger partial charge in [-0.3, -0.25) is 30.3 Å². The molecule has 0 saturated heterocycles. The second kappa shape index (κ2) is 7.27. The van der Waals surface area contributed by atoms with Crippen LogP contribution in [0.4, 0.5) is 15.8 Å². The number of hydrogen-bond donors (Lipinski definition) is 1. The lowest BCUT2D eigenvalue weighted by molar-refractivity contribution is -0.384. The second-order valence-electron chi connectivity index (χ2n) is 4.76. The van der Waals surface area contributed by atoms with Gasteiger partial charge in [-0.1, -0.05) is 34.8 Å². The van der Waals surface area contributed by atoms with E-state index in [0.717, 1.165) is 22.7 Å². The Bertz CT molecular complexity index is 1030. The number of hydrogen-bond acceptors (Lipinski definition) is 8. The third kappa shape index (κ3) is 3.61. The summed E-state index contributed by atoms with van der Waals surface area (Å²) in [6.45, 7) is 0. The number of nitro benzene ring substituents is 1. The predicted molar refractivity (Wildman–Crippen MR) is 101 cm³/mol. The SMILES string of the molecule is O=C(Nc1nc(-c2ccccc2[N+](=O)[O-])c(Br)s1)c1ccc([N+](=O)[O-])s1. The van der Waals surface area contributed by atoms with Crippen LogP contribution in [0.15, 0.2) is 40.2 Å². The van der Waals surface area contributed by atoms with Gasteiger partial charge in [-0.05, 0) is 28.1 Å². The quantitative estimate of drug-likeness (QED) is 0.439. The molecular formula is C14H7BrN4O5S2. The minimum atomic E-state index is -0.575. The third-order valence-electron chi connectivity index (χ3n) is 3.16. The van der Waals surface area contributed by atoms with Crippen molar-refractivity contribution in [2.24, 2.45) is 0 Å². The van der Waals surface area contributed by atoms with Crippen LogP contribution in [0.2, 0.25) is 0 Å². The molecule has 0 spiro atoms. The zero-order valence-corrected chi connectivity index (χ0v) is 15.8. The highest BCUT2D eigenvalue weighted by Gasteiger charge is 2.22. The summed E-state index contributed by atoms with van der Waals surface area (Å²) in [7, 11) is 0. The van der Waals surface area contributed by atoms with Crippen LogP contribution < -0.4 is 5.32 Å². The molecule has 0 atom stereocenters. The predicted octanol–water partition coefficient (Wildman–Crippen LogP) is 4.70. The van der Waals surface area contributed by atoms with Crippen LogP contribution in [0, 0.1) is 20.2 Å². The van der Waals surface area contributed by atoms with E-state index in [1.165, 1.54) is 18.2 Å². The van der Waals surface area contributed by atoms with Crippen molar-refractivity contribution in [1.29, 1.82) is 0 Å². The van der Waals surface area contributed by atoms with Crippen LogP contribution >= 0.6 is 38.6 Å². The van der Waals surface area contributed by atoms with Gasteiger partial charge in [-0.2, -0.15) is 0 Å². The van der Waals surface area contributed by atoms with Crippen molar-refractivity contribution >= 4 is 60.3 Å². The molecule has 0 aliphatic rings. The van der Waals surface area contributed by atoms with Gasteiger partial charge in [0.1, 0.15) is 9.48 Å². The highest BCUT2D eigenvalue weighted by molar-refractivity contribution is 9.11. The number of aromatic nitrogens is 1. The number of nitrogens with one attached hydrogen (secondary N) is 1. The summed E-state index contributed by atoms with van der Waals surface area (Å²) >= 11 is 5.14. The molecule has 1 N–H and O–H groups in total. The van der Waals surface area contributed by atoms with E-state index in [2.05, 4.69) is 26.2 Å². The summed E-state index contributed by atoms with van der Waals surface area (Å²) in [6, 6.07) is 8.72. The highest BCUT2D eigenvalue weighted by atomic mass is 79.9. The van der Waals surface area contributed by atoms with Crippen LogP contribution in [0.25, 0.3) is 11.3 Å². The molecule has 12 heteroatoms. The average Bonchev–Trinajstić information content (AvgIpc) is 3.22. The Kier molecular flexibility index (Phi) is 5.06.